The van der Waals surface area contributed by atoms with Gasteiger partial charge in [-0.3, -0.25) is 0 Å². The van der Waals surface area contributed by atoms with Crippen molar-refractivity contribution in [2.45, 2.75) is 19.4 Å². The van der Waals surface area contributed by atoms with Gasteiger partial charge in [0.2, 0.25) is 0 Å². The second-order valence-electron chi connectivity index (χ2n) is 6.71. The van der Waals surface area contributed by atoms with Crippen LogP contribution < -0.4 is 5.32 Å². The van der Waals surface area contributed by atoms with E-state index < -0.39 is 0 Å². The molecule has 130 valence electrons. The van der Waals surface area contributed by atoms with Gasteiger partial charge in [-0.2, -0.15) is 0 Å². The molecule has 0 saturated heterocycles. The van der Waals surface area contributed by atoms with Crippen LogP contribution >= 0.6 is 0 Å². The van der Waals surface area contributed by atoms with Crippen molar-refractivity contribution in [1.82, 2.24) is 4.98 Å². The van der Waals surface area contributed by atoms with Crippen LogP contribution in [0.1, 0.15) is 30.7 Å². The number of pyridine rings is 1. The molecule has 5 nitrogen and oxygen atoms in total. The first-order valence-corrected chi connectivity index (χ1v) is 8.40. The van der Waals surface area contributed by atoms with Crippen molar-refractivity contribution >= 4 is 29.6 Å². The number of benzene rings is 1. The molecule has 5 heteroatoms. The lowest BCUT2D eigenvalue weighted by Gasteiger charge is -2.26. The standard InChI is InChI=1S/C21H19N3O2/c1-21(2,15-7-4-3-5-8-15)24-19-12-17(25)18(26-19)11-14-13-23-20-16(14)9-6-10-22-20/h3-13,24-25H,1-2H3. The second-order valence-corrected chi connectivity index (χ2v) is 6.71. The van der Waals surface area contributed by atoms with Crippen LogP contribution in [0.15, 0.2) is 64.1 Å². The summed E-state index contributed by atoms with van der Waals surface area (Å²) < 4.78 is 5.83. The third-order valence-electron chi connectivity index (χ3n) is 4.38. The minimum Gasteiger partial charge on any atom is -0.504 e. The first-order chi connectivity index (χ1) is 12.5. The Hall–Kier alpha value is -3.34. The molecule has 3 heterocycles. The number of rotatable bonds is 4. The van der Waals surface area contributed by atoms with Gasteiger partial charge >= 0.3 is 0 Å². The zero-order valence-electron chi connectivity index (χ0n) is 14.6. The minimum atomic E-state index is -0.346. The molecule has 0 spiro atoms. The molecular weight excluding hydrogens is 326 g/mol. The highest BCUT2D eigenvalue weighted by atomic mass is 16.4. The van der Waals surface area contributed by atoms with Crippen molar-refractivity contribution in [3.63, 3.8) is 0 Å². The molecule has 2 aromatic heterocycles. The summed E-state index contributed by atoms with van der Waals surface area (Å²) in [5.74, 6) is 1.64. The summed E-state index contributed by atoms with van der Waals surface area (Å²) in [4.78, 5) is 8.49. The Morgan fingerprint density at radius 2 is 1.92 bits per heavy atom. The van der Waals surface area contributed by atoms with Crippen molar-refractivity contribution in [2.75, 3.05) is 5.32 Å². The highest BCUT2D eigenvalue weighted by Crippen LogP contribution is 2.35. The van der Waals surface area contributed by atoms with Gasteiger partial charge in [-0.25, -0.2) is 9.98 Å². The molecule has 26 heavy (non-hydrogen) atoms. The van der Waals surface area contributed by atoms with Crippen molar-refractivity contribution in [1.29, 1.82) is 0 Å². The van der Waals surface area contributed by atoms with E-state index in [9.17, 15) is 5.11 Å². The average molecular weight is 345 g/mol. The normalized spacial score (nSPS) is 14.6. The third-order valence-corrected chi connectivity index (χ3v) is 4.38. The van der Waals surface area contributed by atoms with Crippen LogP contribution in [0.3, 0.4) is 0 Å². The first-order valence-electron chi connectivity index (χ1n) is 8.40. The number of nitrogens with one attached hydrogen (secondary N) is 1. The fraction of sp³-hybridized carbons (Fsp3) is 0.143. The number of anilines is 1. The maximum absolute atomic E-state index is 10.3. The fourth-order valence-corrected chi connectivity index (χ4v) is 2.98. The van der Waals surface area contributed by atoms with Gasteiger partial charge < -0.3 is 14.8 Å². The quantitative estimate of drug-likeness (QED) is 0.699. The number of fused-ring (bicyclic) bond motifs is 1. The highest BCUT2D eigenvalue weighted by Gasteiger charge is 2.23. The van der Waals surface area contributed by atoms with Crippen molar-refractivity contribution in [3.05, 3.63) is 71.6 Å². The predicted molar refractivity (Wildman–Crippen MR) is 104 cm³/mol. The molecule has 1 aliphatic heterocycles. The van der Waals surface area contributed by atoms with Gasteiger partial charge in [0.05, 0.1) is 5.54 Å². The van der Waals surface area contributed by atoms with E-state index in [0.29, 0.717) is 17.5 Å². The Balaban J connectivity index is 1.61. The fourth-order valence-electron chi connectivity index (χ4n) is 2.98. The number of allylic oxidation sites excluding steroid dienone is 1. The maximum Gasteiger partial charge on any atom is 0.198 e. The summed E-state index contributed by atoms with van der Waals surface area (Å²) in [6, 6.07) is 15.5. The third kappa shape index (κ3) is 2.99. The van der Waals surface area contributed by atoms with E-state index in [1.54, 1.807) is 24.6 Å². The average Bonchev–Trinajstić information content (AvgIpc) is 3.19. The van der Waals surface area contributed by atoms with Gasteiger partial charge in [0.15, 0.2) is 23.2 Å². The molecule has 0 amide bonds. The Morgan fingerprint density at radius 3 is 2.73 bits per heavy atom. The second kappa shape index (κ2) is 6.19. The number of furan rings is 1. The number of nitrogens with zero attached hydrogens (tertiary/aromatic N) is 2. The summed E-state index contributed by atoms with van der Waals surface area (Å²) in [6.07, 6.45) is 5.20. The summed E-state index contributed by atoms with van der Waals surface area (Å²) in [7, 11) is 0. The lowest BCUT2D eigenvalue weighted by Crippen LogP contribution is -2.27. The summed E-state index contributed by atoms with van der Waals surface area (Å²) in [5.41, 5.74) is 2.55. The molecule has 1 aliphatic rings. The SMILES string of the molecule is CC(C)(Nc1cc(O)c(C=C2C=Nc3ncccc32)o1)c1ccccc1. The summed E-state index contributed by atoms with van der Waals surface area (Å²) in [5, 5.41) is 13.6. The monoisotopic (exact) mass is 345 g/mol. The van der Waals surface area contributed by atoms with E-state index in [1.807, 2.05) is 30.3 Å². The van der Waals surface area contributed by atoms with Crippen LogP contribution in [0.2, 0.25) is 0 Å². The van der Waals surface area contributed by atoms with Crippen LogP contribution in [0.5, 0.6) is 5.75 Å². The predicted octanol–water partition coefficient (Wildman–Crippen LogP) is 4.98. The van der Waals surface area contributed by atoms with Crippen LogP contribution in [0.4, 0.5) is 11.7 Å². The zero-order valence-corrected chi connectivity index (χ0v) is 14.6. The Kier molecular flexibility index (Phi) is 3.84. The molecule has 4 rings (SSSR count). The molecule has 0 saturated carbocycles. The minimum absolute atomic E-state index is 0.0783. The molecule has 0 bridgehead atoms. The van der Waals surface area contributed by atoms with E-state index in [-0.39, 0.29) is 11.3 Å². The van der Waals surface area contributed by atoms with Crippen LogP contribution in [-0.2, 0) is 5.54 Å². The van der Waals surface area contributed by atoms with Crippen molar-refractivity contribution < 1.29 is 9.52 Å². The van der Waals surface area contributed by atoms with Crippen LogP contribution in [0.25, 0.3) is 11.6 Å². The molecular formula is C21H19N3O2. The lowest BCUT2D eigenvalue weighted by atomic mass is 9.94. The van der Waals surface area contributed by atoms with Crippen LogP contribution in [0, 0.1) is 0 Å². The summed E-state index contributed by atoms with van der Waals surface area (Å²) >= 11 is 0. The molecule has 0 unspecified atom stereocenters. The molecule has 0 atom stereocenters. The number of hydrogen-bond acceptors (Lipinski definition) is 5. The Morgan fingerprint density at radius 1 is 1.12 bits per heavy atom. The van der Waals surface area contributed by atoms with Gasteiger partial charge in [-0.1, -0.05) is 30.3 Å². The van der Waals surface area contributed by atoms with Crippen LogP contribution in [-0.4, -0.2) is 16.3 Å². The lowest BCUT2D eigenvalue weighted by molar-refractivity contribution is 0.453. The first kappa shape index (κ1) is 16.1. The Bertz CT molecular complexity index is 1000. The van der Waals surface area contributed by atoms with E-state index in [0.717, 1.165) is 16.7 Å². The van der Waals surface area contributed by atoms with E-state index >= 15 is 0 Å². The molecule has 3 aromatic rings. The topological polar surface area (TPSA) is 70.7 Å². The van der Waals surface area contributed by atoms with Gasteiger partial charge in [0, 0.05) is 29.6 Å². The zero-order chi connectivity index (χ0) is 18.1. The highest BCUT2D eigenvalue weighted by molar-refractivity contribution is 6.20. The van der Waals surface area contributed by atoms with Gasteiger partial charge in [0.25, 0.3) is 0 Å². The molecule has 0 fully saturated rings. The summed E-state index contributed by atoms with van der Waals surface area (Å²) in [6.45, 7) is 4.12. The van der Waals surface area contributed by atoms with E-state index in [2.05, 4.69) is 41.3 Å². The maximum atomic E-state index is 10.3. The van der Waals surface area contributed by atoms with E-state index in [1.165, 1.54) is 0 Å². The number of aromatic hydroxyl groups is 1. The van der Waals surface area contributed by atoms with E-state index in [4.69, 9.17) is 4.42 Å². The Labute approximate surface area is 151 Å². The van der Waals surface area contributed by atoms with Gasteiger partial charge in [-0.05, 0) is 37.6 Å². The molecule has 0 aliphatic carbocycles. The molecule has 1 aromatic carbocycles. The smallest absolute Gasteiger partial charge is 0.198 e. The van der Waals surface area contributed by atoms with Crippen molar-refractivity contribution in [2.24, 2.45) is 4.99 Å². The number of aliphatic imine (C=N–C) groups is 1. The van der Waals surface area contributed by atoms with Gasteiger partial charge in [0.1, 0.15) is 0 Å². The molecule has 0 radical (unpaired) electrons. The number of aromatic nitrogens is 1. The van der Waals surface area contributed by atoms with Crippen molar-refractivity contribution in [3.8, 4) is 5.75 Å². The number of hydrogen-bond donors (Lipinski definition) is 2. The van der Waals surface area contributed by atoms with Gasteiger partial charge in [-0.15, -0.1) is 0 Å². The largest absolute Gasteiger partial charge is 0.504 e. The molecule has 2 N–H and O–H groups in total.